The minimum atomic E-state index is 0.420. The molecule has 2 aliphatic rings. The van der Waals surface area contributed by atoms with Gasteiger partial charge in [-0.25, -0.2) is 0 Å². The van der Waals surface area contributed by atoms with E-state index < -0.39 is 0 Å². The van der Waals surface area contributed by atoms with Gasteiger partial charge in [-0.15, -0.1) is 0 Å². The van der Waals surface area contributed by atoms with Crippen LogP contribution < -0.4 is 0 Å². The number of Topliss-reactive ketones (excluding diaryl/α,β-unsaturated/α-hetero) is 1. The first-order valence-corrected chi connectivity index (χ1v) is 8.24. The standard InChI is InChI=1S/C16H30N2O/c1-2-16(19)6-5-11-17-12-7-15(8-13-17)14-18-9-3-4-10-18/h15H,2-14H2,1H3. The number of piperidine rings is 1. The Labute approximate surface area is 118 Å². The summed E-state index contributed by atoms with van der Waals surface area (Å²) >= 11 is 0. The minimum absolute atomic E-state index is 0.420. The fourth-order valence-corrected chi connectivity index (χ4v) is 3.40. The molecule has 0 radical (unpaired) electrons. The maximum atomic E-state index is 11.3. The molecular weight excluding hydrogens is 236 g/mol. The summed E-state index contributed by atoms with van der Waals surface area (Å²) < 4.78 is 0. The van der Waals surface area contributed by atoms with Gasteiger partial charge in [-0.2, -0.15) is 0 Å². The van der Waals surface area contributed by atoms with Crippen molar-refractivity contribution < 1.29 is 4.79 Å². The molecule has 0 amide bonds. The Hall–Kier alpha value is -0.410. The van der Waals surface area contributed by atoms with E-state index in [1.54, 1.807) is 0 Å². The van der Waals surface area contributed by atoms with E-state index in [0.717, 1.165) is 25.3 Å². The van der Waals surface area contributed by atoms with Gasteiger partial charge in [0, 0.05) is 19.4 Å². The van der Waals surface area contributed by atoms with E-state index in [2.05, 4.69) is 9.80 Å². The van der Waals surface area contributed by atoms with E-state index in [1.165, 1.54) is 58.4 Å². The van der Waals surface area contributed by atoms with Gasteiger partial charge in [-0.3, -0.25) is 4.79 Å². The largest absolute Gasteiger partial charge is 0.303 e. The predicted molar refractivity (Wildman–Crippen MR) is 79.4 cm³/mol. The van der Waals surface area contributed by atoms with Gasteiger partial charge in [0.05, 0.1) is 0 Å². The first-order chi connectivity index (χ1) is 9.28. The molecule has 0 aromatic rings. The molecule has 0 bridgehead atoms. The lowest BCUT2D eigenvalue weighted by Gasteiger charge is -2.33. The highest BCUT2D eigenvalue weighted by atomic mass is 16.1. The van der Waals surface area contributed by atoms with Crippen LogP contribution in [0.15, 0.2) is 0 Å². The highest BCUT2D eigenvalue weighted by molar-refractivity contribution is 5.77. The van der Waals surface area contributed by atoms with Crippen molar-refractivity contribution in [1.29, 1.82) is 0 Å². The first-order valence-electron chi connectivity index (χ1n) is 8.24. The van der Waals surface area contributed by atoms with Crippen molar-refractivity contribution in [3.8, 4) is 0 Å². The zero-order valence-electron chi connectivity index (χ0n) is 12.6. The Bertz CT molecular complexity index is 266. The molecule has 2 saturated heterocycles. The van der Waals surface area contributed by atoms with Crippen LogP contribution in [0.5, 0.6) is 0 Å². The van der Waals surface area contributed by atoms with Crippen molar-refractivity contribution in [2.24, 2.45) is 5.92 Å². The van der Waals surface area contributed by atoms with Crippen molar-refractivity contribution in [3.05, 3.63) is 0 Å². The van der Waals surface area contributed by atoms with Crippen LogP contribution in [-0.2, 0) is 4.79 Å². The lowest BCUT2D eigenvalue weighted by molar-refractivity contribution is -0.118. The topological polar surface area (TPSA) is 23.6 Å². The molecule has 2 fully saturated rings. The van der Waals surface area contributed by atoms with Crippen molar-refractivity contribution in [1.82, 2.24) is 9.80 Å². The highest BCUT2D eigenvalue weighted by Crippen LogP contribution is 2.20. The summed E-state index contributed by atoms with van der Waals surface area (Å²) in [6, 6.07) is 0. The Kier molecular flexibility index (Phi) is 6.32. The van der Waals surface area contributed by atoms with E-state index >= 15 is 0 Å². The van der Waals surface area contributed by atoms with Gasteiger partial charge in [-0.05, 0) is 70.7 Å². The summed E-state index contributed by atoms with van der Waals surface area (Å²) in [5, 5.41) is 0. The van der Waals surface area contributed by atoms with E-state index in [9.17, 15) is 4.79 Å². The van der Waals surface area contributed by atoms with E-state index in [4.69, 9.17) is 0 Å². The van der Waals surface area contributed by atoms with Crippen LogP contribution in [0.1, 0.15) is 51.9 Å². The first kappa shape index (κ1) is 15.0. The molecule has 0 N–H and O–H groups in total. The number of carbonyl (C=O) groups excluding carboxylic acids is 1. The van der Waals surface area contributed by atoms with E-state index in [0.29, 0.717) is 12.2 Å². The average Bonchev–Trinajstić information content (AvgIpc) is 2.93. The highest BCUT2D eigenvalue weighted by Gasteiger charge is 2.22. The van der Waals surface area contributed by atoms with Gasteiger partial charge in [-0.1, -0.05) is 6.92 Å². The molecule has 2 aliphatic heterocycles. The normalized spacial score (nSPS) is 23.0. The Morgan fingerprint density at radius 3 is 2.37 bits per heavy atom. The third kappa shape index (κ3) is 5.23. The number of carbonyl (C=O) groups is 1. The third-order valence-electron chi connectivity index (χ3n) is 4.75. The maximum Gasteiger partial charge on any atom is 0.132 e. The summed E-state index contributed by atoms with van der Waals surface area (Å²) in [5.74, 6) is 1.34. The molecule has 0 aromatic carbocycles. The fraction of sp³-hybridized carbons (Fsp3) is 0.938. The average molecular weight is 266 g/mol. The van der Waals surface area contributed by atoms with E-state index in [1.807, 2.05) is 6.92 Å². The quantitative estimate of drug-likeness (QED) is 0.707. The summed E-state index contributed by atoms with van der Waals surface area (Å²) in [6.45, 7) is 9.59. The Morgan fingerprint density at radius 1 is 1.05 bits per heavy atom. The molecule has 19 heavy (non-hydrogen) atoms. The molecule has 2 heterocycles. The SMILES string of the molecule is CCC(=O)CCCN1CCC(CN2CCCC2)CC1. The second kappa shape index (κ2) is 8.01. The molecule has 2 rings (SSSR count). The van der Waals surface area contributed by atoms with Crippen LogP contribution in [0.4, 0.5) is 0 Å². The van der Waals surface area contributed by atoms with Gasteiger partial charge in [0.1, 0.15) is 5.78 Å². The van der Waals surface area contributed by atoms with Crippen molar-refractivity contribution in [3.63, 3.8) is 0 Å². The summed E-state index contributed by atoms with van der Waals surface area (Å²) in [6.07, 6.45) is 8.08. The molecule has 0 aliphatic carbocycles. The number of rotatable bonds is 7. The molecule has 0 aromatic heterocycles. The van der Waals surface area contributed by atoms with Crippen molar-refractivity contribution >= 4 is 5.78 Å². The number of hydrogen-bond acceptors (Lipinski definition) is 3. The van der Waals surface area contributed by atoms with Crippen LogP contribution in [0.3, 0.4) is 0 Å². The number of nitrogens with zero attached hydrogens (tertiary/aromatic N) is 2. The molecule has 0 saturated carbocycles. The molecule has 0 spiro atoms. The van der Waals surface area contributed by atoms with Crippen LogP contribution >= 0.6 is 0 Å². The Morgan fingerprint density at radius 2 is 1.74 bits per heavy atom. The molecule has 110 valence electrons. The summed E-state index contributed by atoms with van der Waals surface area (Å²) in [7, 11) is 0. The zero-order valence-corrected chi connectivity index (χ0v) is 12.6. The lowest BCUT2D eigenvalue weighted by atomic mass is 9.96. The second-order valence-corrected chi connectivity index (χ2v) is 6.29. The van der Waals surface area contributed by atoms with Gasteiger partial charge in [0.2, 0.25) is 0 Å². The summed E-state index contributed by atoms with van der Waals surface area (Å²) in [4.78, 5) is 16.5. The molecule has 0 unspecified atom stereocenters. The van der Waals surface area contributed by atoms with Crippen LogP contribution in [0.25, 0.3) is 0 Å². The number of hydrogen-bond donors (Lipinski definition) is 0. The smallest absolute Gasteiger partial charge is 0.132 e. The van der Waals surface area contributed by atoms with E-state index in [-0.39, 0.29) is 0 Å². The molecule has 3 heteroatoms. The third-order valence-corrected chi connectivity index (χ3v) is 4.75. The van der Waals surface area contributed by atoms with Crippen LogP contribution in [-0.4, -0.2) is 54.9 Å². The second-order valence-electron chi connectivity index (χ2n) is 6.29. The number of likely N-dealkylation sites (tertiary alicyclic amines) is 2. The minimum Gasteiger partial charge on any atom is -0.303 e. The fourth-order valence-electron chi connectivity index (χ4n) is 3.40. The number of ketones is 1. The summed E-state index contributed by atoms with van der Waals surface area (Å²) in [5.41, 5.74) is 0. The monoisotopic (exact) mass is 266 g/mol. The van der Waals surface area contributed by atoms with Crippen molar-refractivity contribution in [2.45, 2.75) is 51.9 Å². The lowest BCUT2D eigenvalue weighted by Crippen LogP contribution is -2.38. The predicted octanol–water partition coefficient (Wildman–Crippen LogP) is 2.55. The van der Waals surface area contributed by atoms with Gasteiger partial charge in [0.15, 0.2) is 0 Å². The van der Waals surface area contributed by atoms with Gasteiger partial charge in [0.25, 0.3) is 0 Å². The Balaban J connectivity index is 1.55. The molecular formula is C16H30N2O. The van der Waals surface area contributed by atoms with Crippen LogP contribution in [0, 0.1) is 5.92 Å². The zero-order chi connectivity index (χ0) is 13.5. The molecule has 3 nitrogen and oxygen atoms in total. The van der Waals surface area contributed by atoms with Gasteiger partial charge < -0.3 is 9.80 Å². The van der Waals surface area contributed by atoms with Gasteiger partial charge >= 0.3 is 0 Å². The van der Waals surface area contributed by atoms with Crippen molar-refractivity contribution in [2.75, 3.05) is 39.3 Å². The van der Waals surface area contributed by atoms with Crippen LogP contribution in [0.2, 0.25) is 0 Å². The maximum absolute atomic E-state index is 11.3. The molecule has 0 atom stereocenters.